The summed E-state index contributed by atoms with van der Waals surface area (Å²) in [5.41, 5.74) is 9.70. The number of benzene rings is 2. The first-order valence-electron chi connectivity index (χ1n) is 6.73. The number of fused-ring (bicyclic) bond motifs is 1. The van der Waals surface area contributed by atoms with Gasteiger partial charge in [0.2, 0.25) is 0 Å². The Labute approximate surface area is 126 Å². The first-order valence-corrected chi connectivity index (χ1v) is 7.54. The van der Waals surface area contributed by atoms with Crippen molar-refractivity contribution < 1.29 is 4.39 Å². The predicted octanol–water partition coefficient (Wildman–Crippen LogP) is 4.18. The topological polar surface area (TPSA) is 54.7 Å². The SMILES string of the molecule is Cc1ccc2nc(Sc3c(F)cccc3[C@@H](C)N)[nH]c2c1. The van der Waals surface area contributed by atoms with Crippen LogP contribution in [0.1, 0.15) is 24.1 Å². The molecule has 0 radical (unpaired) electrons. The minimum Gasteiger partial charge on any atom is -0.333 e. The van der Waals surface area contributed by atoms with Crippen LogP contribution in [0.25, 0.3) is 11.0 Å². The van der Waals surface area contributed by atoms with Gasteiger partial charge in [-0.1, -0.05) is 18.2 Å². The molecule has 0 aliphatic carbocycles. The van der Waals surface area contributed by atoms with Crippen molar-refractivity contribution in [3.05, 3.63) is 53.3 Å². The number of imidazole rings is 1. The van der Waals surface area contributed by atoms with Gasteiger partial charge in [-0.25, -0.2) is 9.37 Å². The van der Waals surface area contributed by atoms with Crippen LogP contribution in [0.3, 0.4) is 0 Å². The Morgan fingerprint density at radius 2 is 2.10 bits per heavy atom. The lowest BCUT2D eigenvalue weighted by Crippen LogP contribution is -2.07. The maximum Gasteiger partial charge on any atom is 0.171 e. The van der Waals surface area contributed by atoms with Gasteiger partial charge in [-0.15, -0.1) is 0 Å². The molecular weight excluding hydrogens is 285 g/mol. The summed E-state index contributed by atoms with van der Waals surface area (Å²) in [7, 11) is 0. The number of hydrogen-bond acceptors (Lipinski definition) is 3. The van der Waals surface area contributed by atoms with Gasteiger partial charge in [0, 0.05) is 6.04 Å². The second kappa shape index (κ2) is 5.50. The third kappa shape index (κ3) is 2.80. The number of nitrogens with two attached hydrogens (primary N) is 1. The van der Waals surface area contributed by atoms with Gasteiger partial charge in [-0.2, -0.15) is 0 Å². The van der Waals surface area contributed by atoms with E-state index in [9.17, 15) is 4.39 Å². The highest BCUT2D eigenvalue weighted by atomic mass is 32.2. The van der Waals surface area contributed by atoms with Crippen LogP contribution in [0, 0.1) is 12.7 Å². The molecule has 0 saturated heterocycles. The quantitative estimate of drug-likeness (QED) is 0.763. The highest BCUT2D eigenvalue weighted by Crippen LogP contribution is 2.34. The number of aromatic amines is 1. The van der Waals surface area contributed by atoms with E-state index in [0.717, 1.165) is 22.2 Å². The summed E-state index contributed by atoms with van der Waals surface area (Å²) < 4.78 is 14.1. The van der Waals surface area contributed by atoms with E-state index in [2.05, 4.69) is 9.97 Å². The molecule has 2 aromatic carbocycles. The highest BCUT2D eigenvalue weighted by Gasteiger charge is 2.15. The molecule has 1 heterocycles. The summed E-state index contributed by atoms with van der Waals surface area (Å²) in [6, 6.07) is 10.7. The van der Waals surface area contributed by atoms with Crippen LogP contribution in [0.15, 0.2) is 46.5 Å². The number of aromatic nitrogens is 2. The third-order valence-electron chi connectivity index (χ3n) is 3.30. The first kappa shape index (κ1) is 14.1. The van der Waals surface area contributed by atoms with Crippen molar-refractivity contribution in [2.24, 2.45) is 5.73 Å². The van der Waals surface area contributed by atoms with Gasteiger partial charge in [0.15, 0.2) is 5.16 Å². The third-order valence-corrected chi connectivity index (χ3v) is 4.32. The monoisotopic (exact) mass is 301 g/mol. The number of aryl methyl sites for hydroxylation is 1. The van der Waals surface area contributed by atoms with Crippen molar-refractivity contribution >= 4 is 22.8 Å². The summed E-state index contributed by atoms with van der Waals surface area (Å²) in [5, 5.41) is 0.669. The van der Waals surface area contributed by atoms with Crippen LogP contribution in [0.2, 0.25) is 0 Å². The molecule has 1 atom stereocenters. The summed E-state index contributed by atoms with van der Waals surface area (Å²) in [6.45, 7) is 3.87. The standard InChI is InChI=1S/C16H16FN3S/c1-9-6-7-13-14(8-9)20-16(19-13)21-15-11(10(2)18)4-3-5-12(15)17/h3-8,10H,18H2,1-2H3,(H,19,20)/t10-/m1/s1. The number of H-pyrrole nitrogens is 1. The van der Waals surface area contributed by atoms with E-state index in [1.165, 1.54) is 17.8 Å². The largest absolute Gasteiger partial charge is 0.333 e. The van der Waals surface area contributed by atoms with Crippen LogP contribution in [-0.4, -0.2) is 9.97 Å². The number of rotatable bonds is 3. The fraction of sp³-hybridized carbons (Fsp3) is 0.188. The van der Waals surface area contributed by atoms with Crippen molar-refractivity contribution in [2.45, 2.75) is 29.9 Å². The maximum absolute atomic E-state index is 14.1. The Balaban J connectivity index is 2.02. The van der Waals surface area contributed by atoms with E-state index in [1.54, 1.807) is 6.07 Å². The van der Waals surface area contributed by atoms with E-state index >= 15 is 0 Å². The fourth-order valence-corrected chi connectivity index (χ4v) is 3.27. The molecule has 0 bridgehead atoms. The van der Waals surface area contributed by atoms with Gasteiger partial charge in [0.25, 0.3) is 0 Å². The second-order valence-corrected chi connectivity index (χ2v) is 6.11. The first-order chi connectivity index (χ1) is 10.0. The van der Waals surface area contributed by atoms with Crippen molar-refractivity contribution in [3.8, 4) is 0 Å². The van der Waals surface area contributed by atoms with Crippen molar-refractivity contribution in [2.75, 3.05) is 0 Å². The minimum atomic E-state index is -0.272. The summed E-state index contributed by atoms with van der Waals surface area (Å²) in [5.74, 6) is -0.272. The summed E-state index contributed by atoms with van der Waals surface area (Å²) in [4.78, 5) is 8.24. The van der Waals surface area contributed by atoms with Crippen LogP contribution >= 0.6 is 11.8 Å². The number of halogens is 1. The van der Waals surface area contributed by atoms with Crippen LogP contribution in [0.4, 0.5) is 4.39 Å². The van der Waals surface area contributed by atoms with Gasteiger partial charge in [-0.3, -0.25) is 0 Å². The van der Waals surface area contributed by atoms with E-state index in [-0.39, 0.29) is 11.9 Å². The number of nitrogens with one attached hydrogen (secondary N) is 1. The van der Waals surface area contributed by atoms with Crippen molar-refractivity contribution in [1.29, 1.82) is 0 Å². The van der Waals surface area contributed by atoms with Crippen LogP contribution in [-0.2, 0) is 0 Å². The summed E-state index contributed by atoms with van der Waals surface area (Å²) in [6.07, 6.45) is 0. The molecule has 0 unspecified atom stereocenters. The van der Waals surface area contributed by atoms with Gasteiger partial charge in [0.1, 0.15) is 5.82 Å². The average Bonchev–Trinajstić information content (AvgIpc) is 2.82. The Morgan fingerprint density at radius 1 is 1.29 bits per heavy atom. The molecule has 3 aromatic rings. The van der Waals surface area contributed by atoms with Crippen LogP contribution in [0.5, 0.6) is 0 Å². The van der Waals surface area contributed by atoms with Crippen molar-refractivity contribution in [1.82, 2.24) is 9.97 Å². The Hall–Kier alpha value is -1.85. The fourth-order valence-electron chi connectivity index (χ4n) is 2.24. The number of nitrogens with zero attached hydrogens (tertiary/aromatic N) is 1. The lowest BCUT2D eigenvalue weighted by Gasteiger charge is -2.11. The molecule has 0 amide bonds. The molecule has 0 aliphatic heterocycles. The van der Waals surface area contributed by atoms with Gasteiger partial charge < -0.3 is 10.7 Å². The zero-order valence-electron chi connectivity index (χ0n) is 11.9. The molecule has 5 heteroatoms. The van der Waals surface area contributed by atoms with E-state index in [0.29, 0.717) is 10.1 Å². The van der Waals surface area contributed by atoms with E-state index < -0.39 is 0 Å². The maximum atomic E-state index is 14.1. The lowest BCUT2D eigenvalue weighted by atomic mass is 10.1. The molecular formula is C16H16FN3S. The van der Waals surface area contributed by atoms with Gasteiger partial charge in [0.05, 0.1) is 15.9 Å². The number of hydrogen-bond donors (Lipinski definition) is 2. The average molecular weight is 301 g/mol. The molecule has 0 fully saturated rings. The highest BCUT2D eigenvalue weighted by molar-refractivity contribution is 7.99. The molecule has 3 nitrogen and oxygen atoms in total. The Bertz CT molecular complexity index is 795. The normalized spacial score (nSPS) is 12.8. The summed E-state index contributed by atoms with van der Waals surface area (Å²) >= 11 is 1.28. The minimum absolute atomic E-state index is 0.227. The zero-order chi connectivity index (χ0) is 15.0. The van der Waals surface area contributed by atoms with Gasteiger partial charge in [-0.05, 0) is 54.9 Å². The second-order valence-electron chi connectivity index (χ2n) is 5.11. The predicted molar refractivity (Wildman–Crippen MR) is 84.0 cm³/mol. The molecule has 3 rings (SSSR count). The lowest BCUT2D eigenvalue weighted by molar-refractivity contribution is 0.591. The molecule has 3 N–H and O–H groups in total. The molecule has 1 aromatic heterocycles. The van der Waals surface area contributed by atoms with Crippen LogP contribution < -0.4 is 5.73 Å². The van der Waals surface area contributed by atoms with Crippen molar-refractivity contribution in [3.63, 3.8) is 0 Å². The Morgan fingerprint density at radius 3 is 2.86 bits per heavy atom. The molecule has 0 saturated carbocycles. The smallest absolute Gasteiger partial charge is 0.171 e. The molecule has 0 spiro atoms. The Kier molecular flexibility index (Phi) is 3.69. The molecule has 0 aliphatic rings. The zero-order valence-corrected chi connectivity index (χ0v) is 12.7. The van der Waals surface area contributed by atoms with E-state index in [4.69, 9.17) is 5.73 Å². The van der Waals surface area contributed by atoms with Gasteiger partial charge >= 0.3 is 0 Å². The molecule has 21 heavy (non-hydrogen) atoms. The molecule has 108 valence electrons. The van der Waals surface area contributed by atoms with E-state index in [1.807, 2.05) is 38.1 Å².